The summed E-state index contributed by atoms with van der Waals surface area (Å²) < 4.78 is 15.4. The van der Waals surface area contributed by atoms with E-state index in [1.165, 1.54) is 0 Å². The molecule has 0 radical (unpaired) electrons. The first-order valence-electron chi connectivity index (χ1n) is 7.53. The third-order valence-corrected chi connectivity index (χ3v) is 3.39. The summed E-state index contributed by atoms with van der Waals surface area (Å²) >= 11 is 0. The standard InChI is InChI=1S/C18H22N2O4/c1-22-9-8-19-14-4-6-15(7-5-14)20-18(21)13-10-16(23-2)12-17(11-13)24-3/h4-7,10-12,19H,8-9H2,1-3H3,(H,20,21). The number of benzene rings is 2. The van der Waals surface area contributed by atoms with Gasteiger partial charge in [-0.05, 0) is 36.4 Å². The average molecular weight is 330 g/mol. The van der Waals surface area contributed by atoms with Crippen LogP contribution in [0.1, 0.15) is 10.4 Å². The number of carbonyl (C=O) groups excluding carboxylic acids is 1. The molecule has 0 saturated carbocycles. The third kappa shape index (κ3) is 4.89. The zero-order chi connectivity index (χ0) is 17.4. The molecule has 2 rings (SSSR count). The van der Waals surface area contributed by atoms with Crippen molar-refractivity contribution in [3.8, 4) is 11.5 Å². The van der Waals surface area contributed by atoms with Crippen LogP contribution in [0.3, 0.4) is 0 Å². The van der Waals surface area contributed by atoms with Crippen LogP contribution in [-0.4, -0.2) is 40.4 Å². The Bertz CT molecular complexity index is 649. The van der Waals surface area contributed by atoms with Gasteiger partial charge in [0.2, 0.25) is 0 Å². The van der Waals surface area contributed by atoms with Crippen molar-refractivity contribution in [3.63, 3.8) is 0 Å². The summed E-state index contributed by atoms with van der Waals surface area (Å²) in [6.07, 6.45) is 0. The molecule has 0 fully saturated rings. The molecule has 0 heterocycles. The second-order valence-corrected chi connectivity index (χ2v) is 5.05. The number of rotatable bonds is 8. The molecule has 24 heavy (non-hydrogen) atoms. The molecule has 6 heteroatoms. The van der Waals surface area contributed by atoms with Gasteiger partial charge in [-0.1, -0.05) is 0 Å². The quantitative estimate of drug-likeness (QED) is 0.728. The molecular formula is C18H22N2O4. The van der Waals surface area contributed by atoms with Crippen LogP contribution in [0.25, 0.3) is 0 Å². The highest BCUT2D eigenvalue weighted by Crippen LogP contribution is 2.23. The Balaban J connectivity index is 2.04. The van der Waals surface area contributed by atoms with Gasteiger partial charge >= 0.3 is 0 Å². The second-order valence-electron chi connectivity index (χ2n) is 5.05. The molecule has 0 spiro atoms. The lowest BCUT2D eigenvalue weighted by atomic mass is 10.1. The normalized spacial score (nSPS) is 10.1. The second kappa shape index (κ2) is 8.79. The van der Waals surface area contributed by atoms with Crippen LogP contribution in [-0.2, 0) is 4.74 Å². The molecule has 6 nitrogen and oxygen atoms in total. The topological polar surface area (TPSA) is 68.8 Å². The van der Waals surface area contributed by atoms with Crippen molar-refractivity contribution in [2.75, 3.05) is 45.1 Å². The Morgan fingerprint density at radius 2 is 1.50 bits per heavy atom. The number of nitrogens with one attached hydrogen (secondary N) is 2. The van der Waals surface area contributed by atoms with E-state index >= 15 is 0 Å². The molecule has 1 amide bonds. The molecule has 2 N–H and O–H groups in total. The molecule has 0 aromatic heterocycles. The SMILES string of the molecule is COCCNc1ccc(NC(=O)c2cc(OC)cc(OC)c2)cc1. The van der Waals surface area contributed by atoms with Gasteiger partial charge in [0.05, 0.1) is 20.8 Å². The van der Waals surface area contributed by atoms with Gasteiger partial charge in [-0.15, -0.1) is 0 Å². The van der Waals surface area contributed by atoms with Crippen LogP contribution in [0, 0.1) is 0 Å². The van der Waals surface area contributed by atoms with Crippen molar-refractivity contribution in [2.45, 2.75) is 0 Å². The summed E-state index contributed by atoms with van der Waals surface area (Å²) in [4.78, 5) is 12.4. The maximum Gasteiger partial charge on any atom is 0.255 e. The zero-order valence-electron chi connectivity index (χ0n) is 14.1. The van der Waals surface area contributed by atoms with Gasteiger partial charge in [0.25, 0.3) is 5.91 Å². The number of ether oxygens (including phenoxy) is 3. The summed E-state index contributed by atoms with van der Waals surface area (Å²) in [6.45, 7) is 1.36. The first-order valence-corrected chi connectivity index (χ1v) is 7.53. The number of methoxy groups -OCH3 is 3. The summed E-state index contributed by atoms with van der Waals surface area (Å²) in [6, 6.07) is 12.5. The molecule has 0 bridgehead atoms. The Kier molecular flexibility index (Phi) is 6.45. The molecule has 0 atom stereocenters. The van der Waals surface area contributed by atoms with E-state index in [1.807, 2.05) is 24.3 Å². The lowest BCUT2D eigenvalue weighted by Crippen LogP contribution is -2.12. The Morgan fingerprint density at radius 1 is 0.917 bits per heavy atom. The first-order chi connectivity index (χ1) is 11.7. The number of hydrogen-bond acceptors (Lipinski definition) is 5. The fourth-order valence-corrected chi connectivity index (χ4v) is 2.11. The van der Waals surface area contributed by atoms with Gasteiger partial charge in [-0.3, -0.25) is 4.79 Å². The van der Waals surface area contributed by atoms with E-state index in [4.69, 9.17) is 14.2 Å². The molecule has 2 aromatic rings. The van der Waals surface area contributed by atoms with Crippen molar-refractivity contribution in [1.29, 1.82) is 0 Å². The number of carbonyl (C=O) groups is 1. The van der Waals surface area contributed by atoms with E-state index in [-0.39, 0.29) is 5.91 Å². The smallest absolute Gasteiger partial charge is 0.255 e. The molecule has 0 saturated heterocycles. The van der Waals surface area contributed by atoms with Crippen molar-refractivity contribution in [3.05, 3.63) is 48.0 Å². The summed E-state index contributed by atoms with van der Waals surface area (Å²) in [5.41, 5.74) is 2.14. The fraction of sp³-hybridized carbons (Fsp3) is 0.278. The van der Waals surface area contributed by atoms with Gasteiger partial charge < -0.3 is 24.8 Å². The molecule has 0 aliphatic carbocycles. The molecular weight excluding hydrogens is 308 g/mol. The number of hydrogen-bond donors (Lipinski definition) is 2. The molecule has 2 aromatic carbocycles. The number of amides is 1. The van der Waals surface area contributed by atoms with Crippen molar-refractivity contribution >= 4 is 17.3 Å². The highest BCUT2D eigenvalue weighted by Gasteiger charge is 2.10. The van der Waals surface area contributed by atoms with E-state index in [2.05, 4.69) is 10.6 Å². The van der Waals surface area contributed by atoms with Gasteiger partial charge in [0.15, 0.2) is 0 Å². The van der Waals surface area contributed by atoms with Crippen LogP contribution >= 0.6 is 0 Å². The van der Waals surface area contributed by atoms with E-state index in [9.17, 15) is 4.79 Å². The molecule has 0 aliphatic rings. The fourth-order valence-electron chi connectivity index (χ4n) is 2.11. The van der Waals surface area contributed by atoms with E-state index in [0.29, 0.717) is 29.4 Å². The van der Waals surface area contributed by atoms with Crippen LogP contribution in [0.4, 0.5) is 11.4 Å². The first kappa shape index (κ1) is 17.6. The Labute approximate surface area is 141 Å². The van der Waals surface area contributed by atoms with E-state index in [1.54, 1.807) is 39.5 Å². The number of anilines is 2. The minimum absolute atomic E-state index is 0.229. The predicted molar refractivity (Wildman–Crippen MR) is 94.3 cm³/mol. The zero-order valence-corrected chi connectivity index (χ0v) is 14.1. The summed E-state index contributed by atoms with van der Waals surface area (Å²) in [5, 5.41) is 6.07. The van der Waals surface area contributed by atoms with Gasteiger partial charge in [-0.2, -0.15) is 0 Å². The van der Waals surface area contributed by atoms with Crippen LogP contribution in [0.5, 0.6) is 11.5 Å². The predicted octanol–water partition coefficient (Wildman–Crippen LogP) is 3.01. The molecule has 0 unspecified atom stereocenters. The van der Waals surface area contributed by atoms with Gasteiger partial charge in [0.1, 0.15) is 11.5 Å². The van der Waals surface area contributed by atoms with E-state index < -0.39 is 0 Å². The van der Waals surface area contributed by atoms with Crippen LogP contribution in [0.15, 0.2) is 42.5 Å². The minimum Gasteiger partial charge on any atom is -0.497 e. The molecule has 0 aliphatic heterocycles. The summed E-state index contributed by atoms with van der Waals surface area (Å²) in [7, 11) is 4.76. The lowest BCUT2D eigenvalue weighted by Gasteiger charge is -2.10. The van der Waals surface area contributed by atoms with Crippen LogP contribution < -0.4 is 20.1 Å². The lowest BCUT2D eigenvalue weighted by molar-refractivity contribution is 0.102. The van der Waals surface area contributed by atoms with Crippen molar-refractivity contribution in [1.82, 2.24) is 0 Å². The summed E-state index contributed by atoms with van der Waals surface area (Å²) in [5.74, 6) is 0.904. The monoisotopic (exact) mass is 330 g/mol. The Morgan fingerprint density at radius 3 is 2.04 bits per heavy atom. The largest absolute Gasteiger partial charge is 0.497 e. The maximum atomic E-state index is 12.4. The maximum absolute atomic E-state index is 12.4. The average Bonchev–Trinajstić information content (AvgIpc) is 2.62. The minimum atomic E-state index is -0.229. The highest BCUT2D eigenvalue weighted by atomic mass is 16.5. The van der Waals surface area contributed by atoms with E-state index in [0.717, 1.165) is 12.2 Å². The van der Waals surface area contributed by atoms with Gasteiger partial charge in [-0.25, -0.2) is 0 Å². The van der Waals surface area contributed by atoms with Crippen LogP contribution in [0.2, 0.25) is 0 Å². The highest BCUT2D eigenvalue weighted by molar-refractivity contribution is 6.04. The third-order valence-electron chi connectivity index (χ3n) is 3.39. The molecule has 128 valence electrons. The van der Waals surface area contributed by atoms with Gasteiger partial charge in [0, 0.05) is 36.7 Å². The van der Waals surface area contributed by atoms with Crippen molar-refractivity contribution in [2.24, 2.45) is 0 Å². The van der Waals surface area contributed by atoms with Crippen molar-refractivity contribution < 1.29 is 19.0 Å². The Hall–Kier alpha value is -2.73.